The molecule has 1 saturated heterocycles. The molecule has 0 spiro atoms. The predicted molar refractivity (Wildman–Crippen MR) is 79.6 cm³/mol. The molecule has 1 aliphatic rings. The predicted octanol–water partition coefficient (Wildman–Crippen LogP) is 1.64. The first-order chi connectivity index (χ1) is 10.6. The molecule has 2 rings (SSSR count). The Hall–Kier alpha value is -1.95. The summed E-state index contributed by atoms with van der Waals surface area (Å²) in [5.41, 5.74) is 0.286. The molecule has 1 aromatic rings. The summed E-state index contributed by atoms with van der Waals surface area (Å²) in [6.45, 7) is 2.39. The summed E-state index contributed by atoms with van der Waals surface area (Å²) in [4.78, 5) is 25.6. The molecule has 1 aliphatic heterocycles. The van der Waals surface area contributed by atoms with E-state index >= 15 is 0 Å². The second kappa shape index (κ2) is 7.35. The summed E-state index contributed by atoms with van der Waals surface area (Å²) in [6.07, 6.45) is 0.912. The lowest BCUT2D eigenvalue weighted by Gasteiger charge is -2.38. The Morgan fingerprint density at radius 1 is 1.45 bits per heavy atom. The van der Waals surface area contributed by atoms with Crippen molar-refractivity contribution in [1.29, 1.82) is 0 Å². The van der Waals surface area contributed by atoms with Crippen molar-refractivity contribution < 1.29 is 18.7 Å². The maximum atomic E-state index is 14.1. The number of carbonyl (C=O) groups is 2. The van der Waals surface area contributed by atoms with Gasteiger partial charge in [-0.2, -0.15) is 0 Å². The van der Waals surface area contributed by atoms with Crippen LogP contribution in [0.15, 0.2) is 24.3 Å². The maximum Gasteiger partial charge on any atom is 0.251 e. The number of rotatable bonds is 5. The minimum atomic E-state index is -0.906. The second-order valence-corrected chi connectivity index (χ2v) is 5.35. The summed E-state index contributed by atoms with van der Waals surface area (Å²) in [7, 11) is 1.56. The maximum absolute atomic E-state index is 14.1. The van der Waals surface area contributed by atoms with Crippen LogP contribution in [-0.4, -0.2) is 43.0 Å². The standard InChI is InChI=1S/C16H21FN2O3/c1-3-4-9-18-16(21)15-14(19(2)13(20)10-22-15)11-7-5-6-8-12(11)17/h5-8,14-15H,3-4,9-10H2,1-2H3,(H,18,21)/t14-,15+/m0/s1. The zero-order valence-corrected chi connectivity index (χ0v) is 12.8. The van der Waals surface area contributed by atoms with Gasteiger partial charge in [0.15, 0.2) is 6.10 Å². The number of halogens is 1. The minimum Gasteiger partial charge on any atom is -0.356 e. The van der Waals surface area contributed by atoms with Gasteiger partial charge in [-0.15, -0.1) is 0 Å². The average Bonchev–Trinajstić information content (AvgIpc) is 2.51. The molecule has 1 aromatic carbocycles. The van der Waals surface area contributed by atoms with Crippen molar-refractivity contribution in [3.63, 3.8) is 0 Å². The van der Waals surface area contributed by atoms with E-state index in [1.807, 2.05) is 6.92 Å². The molecule has 0 bridgehead atoms. The van der Waals surface area contributed by atoms with Gasteiger partial charge in [-0.05, 0) is 12.5 Å². The van der Waals surface area contributed by atoms with E-state index in [2.05, 4.69) is 5.32 Å². The van der Waals surface area contributed by atoms with Crippen LogP contribution in [0.4, 0.5) is 4.39 Å². The summed E-state index contributed by atoms with van der Waals surface area (Å²) in [5, 5.41) is 2.78. The molecule has 22 heavy (non-hydrogen) atoms. The monoisotopic (exact) mass is 308 g/mol. The van der Waals surface area contributed by atoms with Gasteiger partial charge in [-0.3, -0.25) is 9.59 Å². The first-order valence-corrected chi connectivity index (χ1v) is 7.45. The van der Waals surface area contributed by atoms with Crippen LogP contribution < -0.4 is 5.32 Å². The van der Waals surface area contributed by atoms with Crippen molar-refractivity contribution in [3.8, 4) is 0 Å². The largest absolute Gasteiger partial charge is 0.356 e. The summed E-state index contributed by atoms with van der Waals surface area (Å²) in [5.74, 6) is -1.05. The van der Waals surface area contributed by atoms with Crippen molar-refractivity contribution in [3.05, 3.63) is 35.6 Å². The first-order valence-electron chi connectivity index (χ1n) is 7.45. The molecule has 5 nitrogen and oxygen atoms in total. The van der Waals surface area contributed by atoms with Gasteiger partial charge in [-0.1, -0.05) is 31.5 Å². The molecule has 1 fully saturated rings. The number of likely N-dealkylation sites (N-methyl/N-ethyl adjacent to an activating group) is 1. The van der Waals surface area contributed by atoms with Crippen LogP contribution >= 0.6 is 0 Å². The zero-order chi connectivity index (χ0) is 16.1. The number of hydrogen-bond donors (Lipinski definition) is 1. The van der Waals surface area contributed by atoms with Crippen LogP contribution in [0, 0.1) is 5.82 Å². The van der Waals surface area contributed by atoms with Gasteiger partial charge in [0.2, 0.25) is 5.91 Å². The van der Waals surface area contributed by atoms with E-state index in [-0.39, 0.29) is 24.0 Å². The normalized spacial score (nSPS) is 21.8. The van der Waals surface area contributed by atoms with Gasteiger partial charge in [0.1, 0.15) is 12.4 Å². The number of carbonyl (C=O) groups excluding carboxylic acids is 2. The highest BCUT2D eigenvalue weighted by molar-refractivity contribution is 5.86. The van der Waals surface area contributed by atoms with Gasteiger partial charge in [-0.25, -0.2) is 4.39 Å². The van der Waals surface area contributed by atoms with Gasteiger partial charge in [0.05, 0.1) is 6.04 Å². The second-order valence-electron chi connectivity index (χ2n) is 5.35. The Bertz CT molecular complexity index is 550. The number of nitrogens with one attached hydrogen (secondary N) is 1. The lowest BCUT2D eigenvalue weighted by molar-refractivity contribution is -0.162. The Morgan fingerprint density at radius 2 is 2.18 bits per heavy atom. The van der Waals surface area contributed by atoms with Crippen molar-refractivity contribution in [2.75, 3.05) is 20.2 Å². The van der Waals surface area contributed by atoms with Crippen molar-refractivity contribution >= 4 is 11.8 Å². The number of ether oxygens (including phenoxy) is 1. The highest BCUT2D eigenvalue weighted by Crippen LogP contribution is 2.30. The number of amides is 2. The smallest absolute Gasteiger partial charge is 0.251 e. The van der Waals surface area contributed by atoms with E-state index in [0.29, 0.717) is 6.54 Å². The van der Waals surface area contributed by atoms with E-state index in [0.717, 1.165) is 12.8 Å². The third-order valence-corrected chi connectivity index (χ3v) is 3.80. The zero-order valence-electron chi connectivity index (χ0n) is 12.8. The molecule has 2 amide bonds. The average molecular weight is 308 g/mol. The van der Waals surface area contributed by atoms with E-state index < -0.39 is 18.0 Å². The highest BCUT2D eigenvalue weighted by Gasteiger charge is 2.40. The third kappa shape index (κ3) is 3.44. The van der Waals surface area contributed by atoms with Gasteiger partial charge in [0, 0.05) is 19.2 Å². The van der Waals surface area contributed by atoms with Crippen LogP contribution in [0.2, 0.25) is 0 Å². The van der Waals surface area contributed by atoms with E-state index in [4.69, 9.17) is 4.74 Å². The van der Waals surface area contributed by atoms with Gasteiger partial charge >= 0.3 is 0 Å². The Labute approximate surface area is 129 Å². The first kappa shape index (κ1) is 16.4. The topological polar surface area (TPSA) is 58.6 Å². The van der Waals surface area contributed by atoms with Crippen molar-refractivity contribution in [2.45, 2.75) is 31.9 Å². The van der Waals surface area contributed by atoms with E-state index in [9.17, 15) is 14.0 Å². The molecule has 0 aliphatic carbocycles. The fourth-order valence-corrected chi connectivity index (χ4v) is 2.51. The quantitative estimate of drug-likeness (QED) is 0.841. The molecule has 0 saturated carbocycles. The fraction of sp³-hybridized carbons (Fsp3) is 0.500. The van der Waals surface area contributed by atoms with Gasteiger partial charge in [0.25, 0.3) is 5.91 Å². The summed E-state index contributed by atoms with van der Waals surface area (Å²) in [6, 6.07) is 5.38. The number of nitrogens with zero attached hydrogens (tertiary/aromatic N) is 1. The number of morpholine rings is 1. The molecule has 120 valence electrons. The molecule has 0 unspecified atom stereocenters. The third-order valence-electron chi connectivity index (χ3n) is 3.80. The molecule has 6 heteroatoms. The molecule has 0 aromatic heterocycles. The van der Waals surface area contributed by atoms with Gasteiger partial charge < -0.3 is 15.0 Å². The van der Waals surface area contributed by atoms with Crippen molar-refractivity contribution in [1.82, 2.24) is 10.2 Å². The molecule has 1 heterocycles. The summed E-state index contributed by atoms with van der Waals surface area (Å²) < 4.78 is 19.5. The summed E-state index contributed by atoms with van der Waals surface area (Å²) >= 11 is 0. The Kier molecular flexibility index (Phi) is 5.49. The highest BCUT2D eigenvalue weighted by atomic mass is 19.1. The van der Waals surface area contributed by atoms with Crippen LogP contribution in [0.5, 0.6) is 0 Å². The van der Waals surface area contributed by atoms with Crippen LogP contribution in [0.3, 0.4) is 0 Å². The van der Waals surface area contributed by atoms with Crippen molar-refractivity contribution in [2.24, 2.45) is 0 Å². The molecular formula is C16H21FN2O3. The lowest BCUT2D eigenvalue weighted by atomic mass is 9.97. The lowest BCUT2D eigenvalue weighted by Crippen LogP contribution is -2.53. The van der Waals surface area contributed by atoms with Crippen LogP contribution in [0.25, 0.3) is 0 Å². The van der Waals surface area contributed by atoms with E-state index in [1.54, 1.807) is 25.2 Å². The molecule has 2 atom stereocenters. The fourth-order valence-electron chi connectivity index (χ4n) is 2.51. The number of benzene rings is 1. The Balaban J connectivity index is 2.25. The minimum absolute atomic E-state index is 0.173. The SMILES string of the molecule is CCCCNC(=O)[C@@H]1OCC(=O)N(C)[C@H]1c1ccccc1F. The van der Waals surface area contributed by atoms with Crippen LogP contribution in [-0.2, 0) is 14.3 Å². The molecule has 1 N–H and O–H groups in total. The number of hydrogen-bond acceptors (Lipinski definition) is 3. The van der Waals surface area contributed by atoms with E-state index in [1.165, 1.54) is 11.0 Å². The Morgan fingerprint density at radius 3 is 2.86 bits per heavy atom. The van der Waals surface area contributed by atoms with Crippen LogP contribution in [0.1, 0.15) is 31.4 Å². The molecular weight excluding hydrogens is 287 g/mol. The number of unbranched alkanes of at least 4 members (excludes halogenated alkanes) is 1. The molecule has 0 radical (unpaired) electrons.